The Morgan fingerprint density at radius 2 is 1.81 bits per heavy atom. The Labute approximate surface area is 208 Å². The number of nitrogens with two attached hydrogens (primary N) is 1. The van der Waals surface area contributed by atoms with E-state index in [4.69, 9.17) is 15.7 Å². The van der Waals surface area contributed by atoms with Crippen molar-refractivity contribution in [2.45, 2.75) is 31.6 Å². The summed E-state index contributed by atoms with van der Waals surface area (Å²) in [4.78, 5) is 31.0. The number of imidazole rings is 1. The van der Waals surface area contributed by atoms with Gasteiger partial charge in [-0.05, 0) is 31.7 Å². The molecule has 3 heterocycles. The van der Waals surface area contributed by atoms with Gasteiger partial charge < -0.3 is 11.1 Å². The third-order valence-corrected chi connectivity index (χ3v) is 7.21. The van der Waals surface area contributed by atoms with Gasteiger partial charge in [0.2, 0.25) is 5.91 Å². The van der Waals surface area contributed by atoms with Gasteiger partial charge in [-0.1, -0.05) is 42.5 Å². The molecule has 0 unspecified atom stereocenters. The van der Waals surface area contributed by atoms with Gasteiger partial charge in [0.15, 0.2) is 5.82 Å². The zero-order valence-electron chi connectivity index (χ0n) is 20.1. The van der Waals surface area contributed by atoms with E-state index in [-0.39, 0.29) is 17.7 Å². The Morgan fingerprint density at radius 1 is 1.00 bits per heavy atom. The molecule has 6 rings (SSSR count). The first kappa shape index (κ1) is 22.2. The average molecular weight is 478 g/mol. The first-order valence-corrected chi connectivity index (χ1v) is 12.3. The van der Waals surface area contributed by atoms with E-state index in [1.54, 1.807) is 13.2 Å². The van der Waals surface area contributed by atoms with Crippen LogP contribution in [0, 0.1) is 5.92 Å². The van der Waals surface area contributed by atoms with Crippen molar-refractivity contribution in [2.75, 3.05) is 12.8 Å². The second kappa shape index (κ2) is 9.03. The number of hydrogen-bond acceptors (Lipinski definition) is 6. The summed E-state index contributed by atoms with van der Waals surface area (Å²) in [5, 5.41) is 3.75. The molecule has 8 nitrogen and oxygen atoms in total. The number of benzene rings is 2. The summed E-state index contributed by atoms with van der Waals surface area (Å²) in [7, 11) is 1.70. The lowest BCUT2D eigenvalue weighted by Gasteiger charge is -2.26. The molecule has 180 valence electrons. The van der Waals surface area contributed by atoms with Crippen LogP contribution in [0.1, 0.15) is 37.3 Å². The smallest absolute Gasteiger partial charge is 0.222 e. The molecule has 0 bridgehead atoms. The third-order valence-electron chi connectivity index (χ3n) is 7.21. The van der Waals surface area contributed by atoms with Gasteiger partial charge in [0.25, 0.3) is 0 Å². The molecule has 8 heteroatoms. The quantitative estimate of drug-likeness (QED) is 0.391. The minimum atomic E-state index is 0.0639. The van der Waals surface area contributed by atoms with Crippen LogP contribution in [-0.2, 0) is 4.79 Å². The number of amides is 1. The van der Waals surface area contributed by atoms with Crippen molar-refractivity contribution < 1.29 is 4.79 Å². The highest BCUT2D eigenvalue weighted by Gasteiger charge is 2.30. The molecule has 2 aromatic carbocycles. The second-order valence-corrected chi connectivity index (χ2v) is 9.35. The number of nitrogen functional groups attached to an aromatic ring is 1. The summed E-state index contributed by atoms with van der Waals surface area (Å²) in [6.07, 6.45) is 8.94. The predicted molar refractivity (Wildman–Crippen MR) is 140 cm³/mol. The fourth-order valence-electron chi connectivity index (χ4n) is 5.30. The summed E-state index contributed by atoms with van der Waals surface area (Å²) < 4.78 is 2.03. The van der Waals surface area contributed by atoms with Crippen LogP contribution in [0.5, 0.6) is 0 Å². The van der Waals surface area contributed by atoms with Crippen molar-refractivity contribution >= 4 is 28.1 Å². The lowest BCUT2D eigenvalue weighted by Crippen LogP contribution is -2.30. The average Bonchev–Trinajstić information content (AvgIpc) is 3.33. The molecular formula is C28H27N7O. The van der Waals surface area contributed by atoms with Crippen LogP contribution in [0.4, 0.5) is 5.82 Å². The van der Waals surface area contributed by atoms with Gasteiger partial charge in [-0.3, -0.25) is 9.20 Å². The summed E-state index contributed by atoms with van der Waals surface area (Å²) >= 11 is 0. The molecular weight excluding hydrogens is 450 g/mol. The molecule has 1 aliphatic carbocycles. The van der Waals surface area contributed by atoms with Crippen LogP contribution < -0.4 is 11.1 Å². The Hall–Kier alpha value is -4.33. The number of rotatable bonds is 4. The number of aromatic nitrogens is 5. The Bertz CT molecular complexity index is 1570. The molecule has 0 radical (unpaired) electrons. The molecule has 5 aromatic rings. The van der Waals surface area contributed by atoms with Gasteiger partial charge in [-0.25, -0.2) is 19.9 Å². The topological polar surface area (TPSA) is 111 Å². The fraction of sp³-hybridized carbons (Fsp3) is 0.250. The Balaban J connectivity index is 1.42. The molecule has 0 atom stereocenters. The Morgan fingerprint density at radius 3 is 2.58 bits per heavy atom. The van der Waals surface area contributed by atoms with Crippen molar-refractivity contribution in [1.29, 1.82) is 0 Å². The molecule has 3 aromatic heterocycles. The minimum Gasteiger partial charge on any atom is -0.382 e. The zero-order valence-corrected chi connectivity index (χ0v) is 20.1. The van der Waals surface area contributed by atoms with E-state index in [1.165, 1.54) is 0 Å². The maximum atomic E-state index is 12.1. The summed E-state index contributed by atoms with van der Waals surface area (Å²) in [5.74, 6) is 2.38. The van der Waals surface area contributed by atoms with Crippen LogP contribution in [-0.4, -0.2) is 37.3 Å². The maximum absolute atomic E-state index is 12.1. The van der Waals surface area contributed by atoms with Crippen LogP contribution in [0.2, 0.25) is 0 Å². The van der Waals surface area contributed by atoms with Crippen LogP contribution in [0.25, 0.3) is 39.2 Å². The highest BCUT2D eigenvalue weighted by atomic mass is 16.1. The normalized spacial score (nSPS) is 17.9. The number of hydrogen-bond donors (Lipinski definition) is 2. The number of nitrogens with zero attached hydrogens (tertiary/aromatic N) is 5. The molecule has 0 saturated heterocycles. The van der Waals surface area contributed by atoms with Crippen molar-refractivity contribution in [3.8, 4) is 22.8 Å². The highest BCUT2D eigenvalue weighted by Crippen LogP contribution is 2.39. The first-order valence-electron chi connectivity index (χ1n) is 12.3. The molecule has 36 heavy (non-hydrogen) atoms. The lowest BCUT2D eigenvalue weighted by atomic mass is 9.80. The van der Waals surface area contributed by atoms with E-state index in [0.717, 1.165) is 64.7 Å². The van der Waals surface area contributed by atoms with Gasteiger partial charge in [0.1, 0.15) is 17.2 Å². The fourth-order valence-corrected chi connectivity index (χ4v) is 5.30. The van der Waals surface area contributed by atoms with Gasteiger partial charge in [-0.2, -0.15) is 0 Å². The van der Waals surface area contributed by atoms with Gasteiger partial charge in [-0.15, -0.1) is 0 Å². The molecule has 3 N–H and O–H groups in total. The van der Waals surface area contributed by atoms with E-state index in [1.807, 2.05) is 59.3 Å². The van der Waals surface area contributed by atoms with Crippen molar-refractivity contribution in [1.82, 2.24) is 29.7 Å². The van der Waals surface area contributed by atoms with Crippen LogP contribution in [0.3, 0.4) is 0 Å². The van der Waals surface area contributed by atoms with Crippen LogP contribution >= 0.6 is 0 Å². The molecule has 1 saturated carbocycles. The summed E-state index contributed by atoms with van der Waals surface area (Å²) in [6, 6.07) is 16.1. The van der Waals surface area contributed by atoms with Crippen molar-refractivity contribution in [3.63, 3.8) is 0 Å². The first-order chi connectivity index (χ1) is 17.6. The van der Waals surface area contributed by atoms with E-state index in [0.29, 0.717) is 11.6 Å². The van der Waals surface area contributed by atoms with Crippen molar-refractivity contribution in [3.05, 3.63) is 72.8 Å². The number of carbonyl (C=O) groups excluding carboxylic acids is 1. The van der Waals surface area contributed by atoms with Gasteiger partial charge >= 0.3 is 0 Å². The largest absolute Gasteiger partial charge is 0.382 e. The lowest BCUT2D eigenvalue weighted by molar-refractivity contribution is -0.125. The van der Waals surface area contributed by atoms with E-state index in [2.05, 4.69) is 21.4 Å². The number of anilines is 1. The number of nitrogens with one attached hydrogen (secondary N) is 1. The maximum Gasteiger partial charge on any atom is 0.222 e. The number of fused-ring (bicyclic) bond motifs is 2. The Kier molecular flexibility index (Phi) is 5.56. The predicted octanol–water partition coefficient (Wildman–Crippen LogP) is 4.61. The molecule has 0 spiro atoms. The third kappa shape index (κ3) is 3.84. The zero-order chi connectivity index (χ0) is 24.6. The second-order valence-electron chi connectivity index (χ2n) is 9.35. The molecule has 1 amide bonds. The SMILES string of the molecule is CNC(=O)C1CCC(c2nc(-c3ccc4cnc(-c5ccccc5)nc4c3)n3ccnc(N)c23)CC1. The highest BCUT2D eigenvalue weighted by molar-refractivity contribution is 5.85. The summed E-state index contributed by atoms with van der Waals surface area (Å²) in [6.45, 7) is 0. The van der Waals surface area contributed by atoms with Crippen LogP contribution in [0.15, 0.2) is 67.1 Å². The molecule has 1 aliphatic rings. The van der Waals surface area contributed by atoms with E-state index in [9.17, 15) is 4.79 Å². The van der Waals surface area contributed by atoms with E-state index >= 15 is 0 Å². The number of carbonyl (C=O) groups is 1. The summed E-state index contributed by atoms with van der Waals surface area (Å²) in [5.41, 5.74) is 11.0. The van der Waals surface area contributed by atoms with Gasteiger partial charge in [0.05, 0.1) is 11.2 Å². The molecule has 1 fully saturated rings. The molecule has 0 aliphatic heterocycles. The minimum absolute atomic E-state index is 0.0639. The van der Waals surface area contributed by atoms with E-state index < -0.39 is 0 Å². The van der Waals surface area contributed by atoms with Crippen molar-refractivity contribution in [2.24, 2.45) is 5.92 Å². The monoisotopic (exact) mass is 477 g/mol. The van der Waals surface area contributed by atoms with Gasteiger partial charge in [0, 0.05) is 54.0 Å². The standard InChI is InChI=1S/C28H27N7O/c1-30-28(36)19-9-7-17(8-10-19)23-24-25(29)31-13-14-35(24)27(34-23)20-11-12-21-16-32-26(33-22(21)15-20)18-5-3-2-4-6-18/h2-6,11-17,19H,7-10H2,1H3,(H2,29,31)(H,30,36).